The lowest BCUT2D eigenvalue weighted by atomic mass is 10.1. The van der Waals surface area contributed by atoms with Crippen LogP contribution in [0.2, 0.25) is 0 Å². The monoisotopic (exact) mass is 252 g/mol. The van der Waals surface area contributed by atoms with E-state index in [1.165, 1.54) is 4.90 Å². The van der Waals surface area contributed by atoms with Gasteiger partial charge in [0.2, 0.25) is 5.91 Å². The summed E-state index contributed by atoms with van der Waals surface area (Å²) in [4.78, 5) is 15.0. The molecular formula is C13H20N2OS. The summed E-state index contributed by atoms with van der Waals surface area (Å²) in [5.41, 5.74) is 1.10. The van der Waals surface area contributed by atoms with Crippen molar-refractivity contribution < 1.29 is 4.79 Å². The van der Waals surface area contributed by atoms with Crippen LogP contribution in [0, 0.1) is 0 Å². The van der Waals surface area contributed by atoms with Crippen LogP contribution in [0.1, 0.15) is 5.56 Å². The molecule has 1 aromatic rings. The summed E-state index contributed by atoms with van der Waals surface area (Å²) in [5.74, 6) is 0.0911. The molecule has 1 amide bonds. The maximum absolute atomic E-state index is 11.7. The van der Waals surface area contributed by atoms with E-state index in [2.05, 4.69) is 10.2 Å². The number of benzene rings is 1. The van der Waals surface area contributed by atoms with E-state index < -0.39 is 0 Å². The van der Waals surface area contributed by atoms with Gasteiger partial charge >= 0.3 is 0 Å². The third-order valence-electron chi connectivity index (χ3n) is 2.42. The Balaban J connectivity index is 2.45. The van der Waals surface area contributed by atoms with Gasteiger partial charge in [0.05, 0.1) is 6.42 Å². The van der Waals surface area contributed by atoms with E-state index in [1.807, 2.05) is 44.6 Å². The van der Waals surface area contributed by atoms with Gasteiger partial charge < -0.3 is 10.2 Å². The van der Waals surface area contributed by atoms with Crippen molar-refractivity contribution in [3.8, 4) is 0 Å². The number of carbonyl (C=O) groups excluding carboxylic acids is 1. The van der Waals surface area contributed by atoms with Gasteiger partial charge in [0.1, 0.15) is 0 Å². The normalized spacial score (nSPS) is 10.6. The molecule has 0 aliphatic rings. The molecule has 0 atom stereocenters. The van der Waals surface area contributed by atoms with E-state index >= 15 is 0 Å². The van der Waals surface area contributed by atoms with Crippen molar-refractivity contribution >= 4 is 17.7 Å². The highest BCUT2D eigenvalue weighted by molar-refractivity contribution is 7.98. The minimum Gasteiger partial charge on any atom is -0.355 e. The second kappa shape index (κ2) is 7.35. The number of hydrogen-bond acceptors (Lipinski definition) is 3. The van der Waals surface area contributed by atoms with E-state index in [4.69, 9.17) is 0 Å². The van der Waals surface area contributed by atoms with Crippen molar-refractivity contribution in [2.45, 2.75) is 11.3 Å². The number of amides is 1. The van der Waals surface area contributed by atoms with Crippen molar-refractivity contribution in [1.82, 2.24) is 10.2 Å². The molecule has 94 valence electrons. The predicted molar refractivity (Wildman–Crippen MR) is 73.5 cm³/mol. The number of hydrogen-bond donors (Lipinski definition) is 1. The minimum atomic E-state index is 0.0911. The van der Waals surface area contributed by atoms with Crippen molar-refractivity contribution in [3.05, 3.63) is 29.8 Å². The predicted octanol–water partition coefficient (Wildman–Crippen LogP) is 1.63. The maximum Gasteiger partial charge on any atom is 0.224 e. The zero-order valence-electron chi connectivity index (χ0n) is 10.7. The average molecular weight is 252 g/mol. The molecule has 1 aromatic carbocycles. The van der Waals surface area contributed by atoms with Crippen LogP contribution in [0.5, 0.6) is 0 Å². The fraction of sp³-hybridized carbons (Fsp3) is 0.462. The molecule has 0 radical (unpaired) electrons. The molecule has 0 aliphatic heterocycles. The Morgan fingerprint density at radius 2 is 2.06 bits per heavy atom. The molecule has 17 heavy (non-hydrogen) atoms. The van der Waals surface area contributed by atoms with Crippen molar-refractivity contribution in [1.29, 1.82) is 0 Å². The molecule has 1 rings (SSSR count). The number of thioether (sulfide) groups is 1. The van der Waals surface area contributed by atoms with Crippen LogP contribution >= 0.6 is 11.8 Å². The molecule has 0 spiro atoms. The molecule has 1 N–H and O–H groups in total. The third-order valence-corrected chi connectivity index (χ3v) is 3.26. The summed E-state index contributed by atoms with van der Waals surface area (Å²) in [6, 6.07) is 8.03. The van der Waals surface area contributed by atoms with Gasteiger partial charge in [-0.15, -0.1) is 11.8 Å². The first-order valence-electron chi connectivity index (χ1n) is 5.67. The van der Waals surface area contributed by atoms with Crippen LogP contribution in [0.15, 0.2) is 29.2 Å². The van der Waals surface area contributed by atoms with Crippen LogP contribution in [-0.4, -0.2) is 44.2 Å². The highest BCUT2D eigenvalue weighted by atomic mass is 32.2. The molecule has 3 nitrogen and oxygen atoms in total. The van der Waals surface area contributed by atoms with Gasteiger partial charge in [-0.25, -0.2) is 0 Å². The Hall–Kier alpha value is -1.00. The number of rotatable bonds is 6. The largest absolute Gasteiger partial charge is 0.355 e. The Bertz CT molecular complexity index is 366. The summed E-state index contributed by atoms with van der Waals surface area (Å²) >= 11 is 1.68. The lowest BCUT2D eigenvalue weighted by Gasteiger charge is -2.11. The van der Waals surface area contributed by atoms with E-state index in [9.17, 15) is 4.79 Å². The molecular weight excluding hydrogens is 232 g/mol. The molecule has 0 bridgehead atoms. The summed E-state index contributed by atoms with van der Waals surface area (Å²) < 4.78 is 0. The molecule has 0 aromatic heterocycles. The van der Waals surface area contributed by atoms with Gasteiger partial charge in [-0.3, -0.25) is 4.79 Å². The molecule has 0 heterocycles. The summed E-state index contributed by atoms with van der Waals surface area (Å²) in [7, 11) is 3.99. The van der Waals surface area contributed by atoms with E-state index in [1.54, 1.807) is 11.8 Å². The van der Waals surface area contributed by atoms with Gasteiger partial charge in [0.15, 0.2) is 0 Å². The topological polar surface area (TPSA) is 32.3 Å². The molecule has 0 aliphatic carbocycles. The van der Waals surface area contributed by atoms with E-state index in [0.29, 0.717) is 13.0 Å². The first-order chi connectivity index (χ1) is 8.13. The van der Waals surface area contributed by atoms with Gasteiger partial charge in [-0.05, 0) is 32.0 Å². The zero-order valence-corrected chi connectivity index (χ0v) is 11.5. The van der Waals surface area contributed by atoms with Crippen LogP contribution < -0.4 is 5.32 Å². The van der Waals surface area contributed by atoms with Crippen LogP contribution in [0.25, 0.3) is 0 Å². The van der Waals surface area contributed by atoms with Gasteiger partial charge in [-0.2, -0.15) is 0 Å². The fourth-order valence-corrected chi connectivity index (χ4v) is 2.12. The second-order valence-electron chi connectivity index (χ2n) is 4.14. The first-order valence-corrected chi connectivity index (χ1v) is 6.89. The van der Waals surface area contributed by atoms with Crippen molar-refractivity contribution in [3.63, 3.8) is 0 Å². The lowest BCUT2D eigenvalue weighted by molar-refractivity contribution is -0.120. The lowest BCUT2D eigenvalue weighted by Crippen LogP contribution is -2.32. The highest BCUT2D eigenvalue weighted by Crippen LogP contribution is 2.19. The molecule has 0 unspecified atom stereocenters. The molecule has 0 saturated carbocycles. The summed E-state index contributed by atoms with van der Waals surface area (Å²) in [5, 5.41) is 2.92. The molecule has 4 heteroatoms. The number of nitrogens with one attached hydrogen (secondary N) is 1. The SMILES string of the molecule is CSc1ccccc1CC(=O)NCCN(C)C. The quantitative estimate of drug-likeness (QED) is 0.781. The van der Waals surface area contributed by atoms with Gasteiger partial charge in [0.25, 0.3) is 0 Å². The molecule has 0 saturated heterocycles. The van der Waals surface area contributed by atoms with Crippen LogP contribution in [0.4, 0.5) is 0 Å². The van der Waals surface area contributed by atoms with Crippen LogP contribution in [-0.2, 0) is 11.2 Å². The van der Waals surface area contributed by atoms with Gasteiger partial charge in [0, 0.05) is 18.0 Å². The number of nitrogens with zero attached hydrogens (tertiary/aromatic N) is 1. The van der Waals surface area contributed by atoms with Gasteiger partial charge in [-0.1, -0.05) is 18.2 Å². The molecule has 0 fully saturated rings. The first kappa shape index (κ1) is 14.1. The Morgan fingerprint density at radius 1 is 1.35 bits per heavy atom. The summed E-state index contributed by atoms with van der Waals surface area (Å²) in [6.07, 6.45) is 2.49. The Labute approximate surface area is 108 Å². The fourth-order valence-electron chi connectivity index (χ4n) is 1.50. The van der Waals surface area contributed by atoms with E-state index in [0.717, 1.165) is 12.1 Å². The Kier molecular flexibility index (Phi) is 6.08. The smallest absolute Gasteiger partial charge is 0.224 e. The maximum atomic E-state index is 11.7. The van der Waals surface area contributed by atoms with Crippen LogP contribution in [0.3, 0.4) is 0 Å². The second-order valence-corrected chi connectivity index (χ2v) is 4.99. The zero-order chi connectivity index (χ0) is 12.7. The van der Waals surface area contributed by atoms with E-state index in [-0.39, 0.29) is 5.91 Å². The minimum absolute atomic E-state index is 0.0911. The summed E-state index contributed by atoms with van der Waals surface area (Å²) in [6.45, 7) is 1.57. The van der Waals surface area contributed by atoms with Crippen molar-refractivity contribution in [2.75, 3.05) is 33.4 Å². The number of carbonyl (C=O) groups is 1. The van der Waals surface area contributed by atoms with Crippen molar-refractivity contribution in [2.24, 2.45) is 0 Å². The number of likely N-dealkylation sites (N-methyl/N-ethyl adjacent to an activating group) is 1. The third kappa shape index (κ3) is 5.24. The standard InChI is InChI=1S/C13H20N2OS/c1-15(2)9-8-14-13(16)10-11-6-4-5-7-12(11)17-3/h4-7H,8-10H2,1-3H3,(H,14,16). The highest BCUT2D eigenvalue weighted by Gasteiger charge is 2.06. The average Bonchev–Trinajstić information content (AvgIpc) is 2.29. The Morgan fingerprint density at radius 3 is 2.71 bits per heavy atom.